The number of nitrogens with zero attached hydrogens (tertiary/aromatic N) is 4. The molecule has 1 aromatic heterocycles. The number of aromatic amines is 1. The average Bonchev–Trinajstić information content (AvgIpc) is 3.40. The van der Waals surface area contributed by atoms with Crippen molar-refractivity contribution in [3.63, 3.8) is 0 Å². The Hall–Kier alpha value is -5.98. The third-order valence-corrected chi connectivity index (χ3v) is 6.80. The molecule has 1 fully saturated rings. The maximum Gasteiger partial charge on any atom is 0.338 e. The minimum atomic E-state index is -1.49. The van der Waals surface area contributed by atoms with E-state index in [9.17, 15) is 24.0 Å². The third kappa shape index (κ3) is 7.16. The third-order valence-electron chi connectivity index (χ3n) is 6.80. The molecule has 14 heteroatoms. The summed E-state index contributed by atoms with van der Waals surface area (Å²) in [5.74, 6) is -2.34. The fourth-order valence-corrected chi connectivity index (χ4v) is 4.62. The molecule has 5 rings (SSSR count). The highest BCUT2D eigenvalue weighted by Gasteiger charge is 2.51. The molecule has 45 heavy (non-hydrogen) atoms. The predicted octanol–water partition coefficient (Wildman–Crippen LogP) is 3.55. The number of benzene rings is 3. The smallest absolute Gasteiger partial charge is 0.338 e. The van der Waals surface area contributed by atoms with Crippen molar-refractivity contribution in [2.75, 3.05) is 6.61 Å². The standard InChI is InChI=1S/C31H25N5O9/c32-35-33-16-22-17-36(31(41)34-26(22)37)27-25(45-30(40)21-14-8-3-9-15-21)24(44-29(39)20-12-6-2-7-13-20)23(43-27)18-42-28(38)19-10-4-1-5-11-19/h1-15,17,23-25,27H,16,18H2,(H,34,37,41)/t23-,24?,25+,27-/m1/s1. The maximum absolute atomic E-state index is 13.3. The number of hydrogen-bond donors (Lipinski definition) is 1. The second kappa shape index (κ2) is 14.0. The van der Waals surface area contributed by atoms with Crippen molar-refractivity contribution < 1.29 is 33.3 Å². The zero-order valence-electron chi connectivity index (χ0n) is 23.4. The number of aromatic nitrogens is 2. The predicted molar refractivity (Wildman–Crippen MR) is 156 cm³/mol. The fraction of sp³-hybridized carbons (Fsp3) is 0.194. The van der Waals surface area contributed by atoms with Crippen LogP contribution in [0.5, 0.6) is 0 Å². The van der Waals surface area contributed by atoms with Gasteiger partial charge in [-0.25, -0.2) is 19.2 Å². The lowest BCUT2D eigenvalue weighted by Crippen LogP contribution is -2.43. The van der Waals surface area contributed by atoms with Gasteiger partial charge in [0.15, 0.2) is 18.4 Å². The minimum absolute atomic E-state index is 0.0964. The zero-order chi connectivity index (χ0) is 31.8. The number of carbonyl (C=O) groups excluding carboxylic acids is 3. The van der Waals surface area contributed by atoms with Gasteiger partial charge in [0.25, 0.3) is 5.56 Å². The van der Waals surface area contributed by atoms with Crippen LogP contribution in [0.3, 0.4) is 0 Å². The highest BCUT2D eigenvalue weighted by atomic mass is 16.7. The highest BCUT2D eigenvalue weighted by Crippen LogP contribution is 2.35. The number of ether oxygens (including phenoxy) is 4. The van der Waals surface area contributed by atoms with Crippen molar-refractivity contribution >= 4 is 17.9 Å². The van der Waals surface area contributed by atoms with Crippen LogP contribution in [0.2, 0.25) is 0 Å². The van der Waals surface area contributed by atoms with E-state index in [2.05, 4.69) is 15.0 Å². The summed E-state index contributed by atoms with van der Waals surface area (Å²) >= 11 is 0. The molecule has 0 saturated carbocycles. The molecule has 1 aliphatic rings. The Morgan fingerprint density at radius 1 is 0.800 bits per heavy atom. The first-order valence-electron chi connectivity index (χ1n) is 13.6. The molecule has 1 aliphatic heterocycles. The van der Waals surface area contributed by atoms with Crippen molar-refractivity contribution in [1.82, 2.24) is 9.55 Å². The molecular formula is C31H25N5O9. The Morgan fingerprint density at radius 2 is 1.31 bits per heavy atom. The molecule has 4 atom stereocenters. The van der Waals surface area contributed by atoms with Gasteiger partial charge in [-0.2, -0.15) is 0 Å². The van der Waals surface area contributed by atoms with Gasteiger partial charge in [-0.1, -0.05) is 59.7 Å². The first kappa shape index (κ1) is 30.5. The Balaban J connectivity index is 1.55. The molecule has 2 heterocycles. The number of H-pyrrole nitrogens is 1. The van der Waals surface area contributed by atoms with E-state index in [0.717, 1.165) is 10.8 Å². The lowest BCUT2D eigenvalue weighted by molar-refractivity contribution is -0.0641. The van der Waals surface area contributed by atoms with E-state index in [-0.39, 0.29) is 22.3 Å². The molecule has 4 aromatic rings. The van der Waals surface area contributed by atoms with Gasteiger partial charge >= 0.3 is 23.6 Å². The summed E-state index contributed by atoms with van der Waals surface area (Å²) < 4.78 is 24.2. The Bertz CT molecular complexity index is 1840. The molecule has 0 amide bonds. The largest absolute Gasteiger partial charge is 0.459 e. The van der Waals surface area contributed by atoms with E-state index in [1.165, 1.54) is 24.3 Å². The second-order valence-electron chi connectivity index (χ2n) is 9.71. The molecule has 0 aliphatic carbocycles. The van der Waals surface area contributed by atoms with Crippen molar-refractivity contribution in [1.29, 1.82) is 0 Å². The molecule has 14 nitrogen and oxygen atoms in total. The Labute approximate surface area is 254 Å². The number of azide groups is 1. The summed E-state index contributed by atoms with van der Waals surface area (Å²) in [5, 5.41) is 3.38. The van der Waals surface area contributed by atoms with Gasteiger partial charge in [-0.3, -0.25) is 14.3 Å². The van der Waals surface area contributed by atoms with Crippen molar-refractivity contribution in [3.05, 3.63) is 151 Å². The van der Waals surface area contributed by atoms with Gasteiger partial charge in [0, 0.05) is 16.7 Å². The van der Waals surface area contributed by atoms with Gasteiger partial charge in [0.2, 0.25) is 0 Å². The second-order valence-corrected chi connectivity index (χ2v) is 9.71. The normalized spacial score (nSPS) is 18.8. The lowest BCUT2D eigenvalue weighted by Gasteiger charge is -2.25. The van der Waals surface area contributed by atoms with Crippen LogP contribution in [-0.2, 0) is 25.5 Å². The SMILES string of the molecule is [N-]=[N+]=NCc1cn([C@@H]2O[C@H](COC(=O)c3ccccc3)C(OC(=O)c3ccccc3)[C@@H]2OC(=O)c2ccccc2)c(=O)[nH]c1=O. The van der Waals surface area contributed by atoms with Crippen LogP contribution in [0.25, 0.3) is 10.4 Å². The van der Waals surface area contributed by atoms with E-state index < -0.39 is 66.8 Å². The van der Waals surface area contributed by atoms with Gasteiger partial charge in [-0.15, -0.1) is 0 Å². The Morgan fingerprint density at radius 3 is 1.84 bits per heavy atom. The van der Waals surface area contributed by atoms with E-state index in [4.69, 9.17) is 24.5 Å². The summed E-state index contributed by atoms with van der Waals surface area (Å²) in [7, 11) is 0. The summed E-state index contributed by atoms with van der Waals surface area (Å²) in [6.45, 7) is -0.877. The minimum Gasteiger partial charge on any atom is -0.459 e. The van der Waals surface area contributed by atoms with Gasteiger partial charge in [0.05, 0.1) is 23.2 Å². The monoisotopic (exact) mass is 611 g/mol. The first-order chi connectivity index (χ1) is 21.9. The molecule has 0 bridgehead atoms. The van der Waals surface area contributed by atoms with Crippen LogP contribution in [0.15, 0.2) is 112 Å². The van der Waals surface area contributed by atoms with Crippen LogP contribution in [-0.4, -0.2) is 52.4 Å². The van der Waals surface area contributed by atoms with Crippen LogP contribution in [0, 0.1) is 0 Å². The first-order valence-corrected chi connectivity index (χ1v) is 13.6. The molecular weight excluding hydrogens is 586 g/mol. The highest BCUT2D eigenvalue weighted by molar-refractivity contribution is 5.91. The number of hydrogen-bond acceptors (Lipinski definition) is 10. The van der Waals surface area contributed by atoms with Gasteiger partial charge in [-0.05, 0) is 41.9 Å². The van der Waals surface area contributed by atoms with Crippen LogP contribution < -0.4 is 11.2 Å². The number of nitrogens with one attached hydrogen (secondary N) is 1. The van der Waals surface area contributed by atoms with E-state index in [0.29, 0.717) is 0 Å². The number of rotatable bonds is 10. The van der Waals surface area contributed by atoms with Crippen LogP contribution in [0.4, 0.5) is 0 Å². The molecule has 0 spiro atoms. The molecule has 1 unspecified atom stereocenters. The topological polar surface area (TPSA) is 192 Å². The summed E-state index contributed by atoms with van der Waals surface area (Å²) in [6, 6.07) is 24.0. The van der Waals surface area contributed by atoms with Gasteiger partial charge in [0.1, 0.15) is 12.7 Å². The van der Waals surface area contributed by atoms with E-state index >= 15 is 0 Å². The number of carbonyl (C=O) groups is 3. The molecule has 228 valence electrons. The van der Waals surface area contributed by atoms with Crippen molar-refractivity contribution in [2.45, 2.75) is 31.1 Å². The molecule has 0 radical (unpaired) electrons. The molecule has 3 aromatic carbocycles. The molecule has 1 saturated heterocycles. The number of esters is 3. The fourth-order valence-electron chi connectivity index (χ4n) is 4.62. The van der Waals surface area contributed by atoms with Gasteiger partial charge < -0.3 is 18.9 Å². The summed E-state index contributed by atoms with van der Waals surface area (Å²) in [4.78, 5) is 69.5. The summed E-state index contributed by atoms with van der Waals surface area (Å²) in [6.07, 6.45) is -4.53. The lowest BCUT2D eigenvalue weighted by atomic mass is 10.1. The average molecular weight is 612 g/mol. The Kier molecular flexibility index (Phi) is 9.48. The summed E-state index contributed by atoms with van der Waals surface area (Å²) in [5.41, 5.74) is 7.46. The van der Waals surface area contributed by atoms with E-state index in [1.54, 1.807) is 66.7 Å². The van der Waals surface area contributed by atoms with E-state index in [1.807, 2.05) is 0 Å². The zero-order valence-corrected chi connectivity index (χ0v) is 23.4. The maximum atomic E-state index is 13.3. The van der Waals surface area contributed by atoms with Crippen molar-refractivity contribution in [3.8, 4) is 0 Å². The molecule has 1 N–H and O–H groups in total. The van der Waals surface area contributed by atoms with Crippen LogP contribution in [0.1, 0.15) is 42.9 Å². The quantitative estimate of drug-likeness (QED) is 0.0918. The van der Waals surface area contributed by atoms with Crippen LogP contribution >= 0.6 is 0 Å². The van der Waals surface area contributed by atoms with Crippen molar-refractivity contribution in [2.24, 2.45) is 5.11 Å².